The number of nitrogens with zero attached hydrogens (tertiary/aromatic N) is 3. The van der Waals surface area contributed by atoms with Crippen LogP contribution in [0.4, 0.5) is 18.9 Å². The highest BCUT2D eigenvalue weighted by Crippen LogP contribution is 2.37. The molecular formula is C25H19Cl2F3N4O2S. The van der Waals surface area contributed by atoms with Crippen molar-refractivity contribution in [2.75, 3.05) is 17.7 Å². The summed E-state index contributed by atoms with van der Waals surface area (Å²) >= 11 is 13.1. The van der Waals surface area contributed by atoms with E-state index in [1.807, 2.05) is 25.1 Å². The number of hydrogen-bond acceptors (Lipinski definition) is 5. The Morgan fingerprint density at radius 2 is 1.78 bits per heavy atom. The summed E-state index contributed by atoms with van der Waals surface area (Å²) in [4.78, 5) is 12.6. The van der Waals surface area contributed by atoms with E-state index in [9.17, 15) is 18.0 Å². The van der Waals surface area contributed by atoms with Gasteiger partial charge in [-0.05, 0) is 61.5 Å². The molecule has 0 fully saturated rings. The molecule has 1 aromatic heterocycles. The Bertz CT molecular complexity index is 1410. The number of thioether (sulfide) groups is 1. The van der Waals surface area contributed by atoms with Crippen LogP contribution >= 0.6 is 35.0 Å². The first-order valence-electron chi connectivity index (χ1n) is 10.9. The van der Waals surface area contributed by atoms with Gasteiger partial charge >= 0.3 is 6.18 Å². The van der Waals surface area contributed by atoms with E-state index in [-0.39, 0.29) is 16.5 Å². The van der Waals surface area contributed by atoms with Crippen LogP contribution in [0.25, 0.3) is 17.1 Å². The average Bonchev–Trinajstić information content (AvgIpc) is 3.28. The number of rotatable bonds is 8. The summed E-state index contributed by atoms with van der Waals surface area (Å²) in [6.07, 6.45) is -4.68. The van der Waals surface area contributed by atoms with Crippen LogP contribution in [0.15, 0.2) is 71.9 Å². The van der Waals surface area contributed by atoms with Crippen LogP contribution in [-0.2, 0) is 11.0 Å². The molecule has 0 unspecified atom stereocenters. The number of ether oxygens (including phenoxy) is 1. The number of anilines is 1. The molecule has 1 N–H and O–H groups in total. The quantitative estimate of drug-likeness (QED) is 0.225. The van der Waals surface area contributed by atoms with E-state index >= 15 is 0 Å². The third kappa shape index (κ3) is 6.38. The van der Waals surface area contributed by atoms with Gasteiger partial charge in [0.15, 0.2) is 11.0 Å². The fourth-order valence-corrected chi connectivity index (χ4v) is 4.59. The molecule has 4 rings (SSSR count). The lowest BCUT2D eigenvalue weighted by atomic mass is 10.1. The predicted molar refractivity (Wildman–Crippen MR) is 139 cm³/mol. The zero-order chi connectivity index (χ0) is 26.6. The number of aromatic nitrogens is 3. The Labute approximate surface area is 224 Å². The normalized spacial score (nSPS) is 11.4. The average molecular weight is 567 g/mol. The second-order valence-electron chi connectivity index (χ2n) is 7.57. The monoisotopic (exact) mass is 566 g/mol. The van der Waals surface area contributed by atoms with Crippen molar-refractivity contribution in [3.8, 4) is 22.8 Å². The minimum absolute atomic E-state index is 0.0877. The molecule has 1 amide bonds. The van der Waals surface area contributed by atoms with Gasteiger partial charge in [-0.15, -0.1) is 10.2 Å². The standard InChI is InChI=1S/C25H19Cl2F3N4O2S/c1-2-36-17-10-8-16(9-11-17)34-23(18-5-3-4-6-20(18)27)32-33-24(34)37-14-22(35)31-21-12-7-15(26)13-19(21)25(28,29)30/h3-13H,2,14H2,1H3,(H,31,35). The van der Waals surface area contributed by atoms with Gasteiger partial charge in [-0.25, -0.2) is 0 Å². The maximum atomic E-state index is 13.4. The Morgan fingerprint density at radius 3 is 2.46 bits per heavy atom. The third-order valence-electron chi connectivity index (χ3n) is 5.05. The van der Waals surface area contributed by atoms with Crippen molar-refractivity contribution >= 4 is 46.6 Å². The summed E-state index contributed by atoms with van der Waals surface area (Å²) in [6.45, 7) is 2.39. The first-order valence-corrected chi connectivity index (χ1v) is 12.6. The van der Waals surface area contributed by atoms with Gasteiger partial charge in [0.1, 0.15) is 5.75 Å². The predicted octanol–water partition coefficient (Wildman–Crippen LogP) is 7.39. The van der Waals surface area contributed by atoms with Crippen LogP contribution in [0.1, 0.15) is 12.5 Å². The number of alkyl halides is 3. The van der Waals surface area contributed by atoms with Gasteiger partial charge < -0.3 is 10.1 Å². The van der Waals surface area contributed by atoms with Crippen molar-refractivity contribution < 1.29 is 22.7 Å². The van der Waals surface area contributed by atoms with Crippen molar-refractivity contribution in [3.63, 3.8) is 0 Å². The molecule has 0 radical (unpaired) electrons. The van der Waals surface area contributed by atoms with Crippen LogP contribution in [-0.4, -0.2) is 33.0 Å². The number of amides is 1. The van der Waals surface area contributed by atoms with E-state index in [0.29, 0.717) is 39.6 Å². The Balaban J connectivity index is 1.62. The number of halogens is 5. The zero-order valence-electron chi connectivity index (χ0n) is 19.2. The highest BCUT2D eigenvalue weighted by atomic mass is 35.5. The van der Waals surface area contributed by atoms with E-state index < -0.39 is 17.6 Å². The number of nitrogens with one attached hydrogen (secondary N) is 1. The van der Waals surface area contributed by atoms with Gasteiger partial charge in [0.05, 0.1) is 28.6 Å². The summed E-state index contributed by atoms with van der Waals surface area (Å²) in [5.74, 6) is 0.237. The van der Waals surface area contributed by atoms with Crippen LogP contribution in [0, 0.1) is 0 Å². The van der Waals surface area contributed by atoms with Crippen LogP contribution in [0.2, 0.25) is 10.0 Å². The molecule has 0 aliphatic rings. The van der Waals surface area contributed by atoms with Gasteiger partial charge in [-0.1, -0.05) is 47.1 Å². The molecule has 0 aliphatic heterocycles. The number of carbonyl (C=O) groups is 1. The molecule has 6 nitrogen and oxygen atoms in total. The molecule has 0 saturated heterocycles. The molecule has 12 heteroatoms. The van der Waals surface area contributed by atoms with E-state index in [1.54, 1.807) is 34.9 Å². The largest absolute Gasteiger partial charge is 0.494 e. The van der Waals surface area contributed by atoms with Crippen molar-refractivity contribution in [3.05, 3.63) is 82.3 Å². The molecule has 0 saturated carbocycles. The van der Waals surface area contributed by atoms with Crippen molar-refractivity contribution in [1.29, 1.82) is 0 Å². The van der Waals surface area contributed by atoms with Gasteiger partial charge in [0.25, 0.3) is 0 Å². The SMILES string of the molecule is CCOc1ccc(-n2c(SCC(=O)Nc3ccc(Cl)cc3C(F)(F)F)nnc2-c2ccccc2Cl)cc1. The highest BCUT2D eigenvalue weighted by molar-refractivity contribution is 7.99. The fourth-order valence-electron chi connectivity index (χ4n) is 3.45. The number of hydrogen-bond donors (Lipinski definition) is 1. The van der Waals surface area contributed by atoms with Gasteiger partial charge in [0, 0.05) is 16.3 Å². The summed E-state index contributed by atoms with van der Waals surface area (Å²) < 4.78 is 47.4. The molecule has 4 aromatic rings. The zero-order valence-corrected chi connectivity index (χ0v) is 21.5. The summed E-state index contributed by atoms with van der Waals surface area (Å²) in [7, 11) is 0. The molecule has 0 atom stereocenters. The van der Waals surface area contributed by atoms with Crippen LogP contribution in [0.5, 0.6) is 5.75 Å². The lowest BCUT2D eigenvalue weighted by molar-refractivity contribution is -0.137. The smallest absolute Gasteiger partial charge is 0.418 e. The molecule has 0 spiro atoms. The van der Waals surface area contributed by atoms with Crippen molar-refractivity contribution in [2.24, 2.45) is 0 Å². The first kappa shape index (κ1) is 26.8. The summed E-state index contributed by atoms with van der Waals surface area (Å²) in [5.41, 5.74) is -0.106. The molecule has 192 valence electrons. The third-order valence-corrected chi connectivity index (χ3v) is 6.54. The maximum absolute atomic E-state index is 13.4. The molecule has 3 aromatic carbocycles. The number of carbonyl (C=O) groups excluding carboxylic acids is 1. The summed E-state index contributed by atoms with van der Waals surface area (Å²) in [6, 6.07) is 17.5. The molecule has 0 aliphatic carbocycles. The molecule has 1 heterocycles. The Morgan fingerprint density at radius 1 is 1.05 bits per heavy atom. The Hall–Kier alpha value is -3.21. The maximum Gasteiger partial charge on any atom is 0.418 e. The topological polar surface area (TPSA) is 69.0 Å². The van der Waals surface area contributed by atoms with Gasteiger partial charge in [-0.2, -0.15) is 13.2 Å². The van der Waals surface area contributed by atoms with E-state index in [0.717, 1.165) is 23.9 Å². The minimum Gasteiger partial charge on any atom is -0.494 e. The second kappa shape index (κ2) is 11.5. The van der Waals surface area contributed by atoms with Crippen molar-refractivity contribution in [1.82, 2.24) is 14.8 Å². The Kier molecular flexibility index (Phi) is 8.31. The lowest BCUT2D eigenvalue weighted by Crippen LogP contribution is -2.18. The lowest BCUT2D eigenvalue weighted by Gasteiger charge is -2.14. The van der Waals surface area contributed by atoms with E-state index in [1.165, 1.54) is 6.07 Å². The fraction of sp³-hybridized carbons (Fsp3) is 0.160. The molecule has 37 heavy (non-hydrogen) atoms. The molecule has 0 bridgehead atoms. The summed E-state index contributed by atoms with van der Waals surface area (Å²) in [5, 5.41) is 11.5. The first-order chi connectivity index (χ1) is 17.7. The van der Waals surface area contributed by atoms with Gasteiger partial charge in [0.2, 0.25) is 5.91 Å². The number of benzene rings is 3. The van der Waals surface area contributed by atoms with Crippen molar-refractivity contribution in [2.45, 2.75) is 18.3 Å². The second-order valence-corrected chi connectivity index (χ2v) is 9.36. The molecular weight excluding hydrogens is 548 g/mol. The van der Waals surface area contributed by atoms with Crippen LogP contribution < -0.4 is 10.1 Å². The van der Waals surface area contributed by atoms with E-state index in [2.05, 4.69) is 15.5 Å². The van der Waals surface area contributed by atoms with Gasteiger partial charge in [-0.3, -0.25) is 9.36 Å². The minimum atomic E-state index is -4.68. The van der Waals surface area contributed by atoms with Crippen LogP contribution in [0.3, 0.4) is 0 Å². The van der Waals surface area contributed by atoms with E-state index in [4.69, 9.17) is 27.9 Å². The highest BCUT2D eigenvalue weighted by Gasteiger charge is 2.34.